The normalized spacial score (nSPS) is 15.7. The number of rotatable bonds is 8. The van der Waals surface area contributed by atoms with E-state index in [0.717, 1.165) is 44.2 Å². The van der Waals surface area contributed by atoms with Crippen LogP contribution in [0.3, 0.4) is 0 Å². The number of nitrogens with one attached hydrogen (secondary N) is 3. The molecule has 1 aliphatic rings. The van der Waals surface area contributed by atoms with Gasteiger partial charge in [0.2, 0.25) is 5.91 Å². The number of hydrogen-bond acceptors (Lipinski definition) is 5. The molecule has 1 fully saturated rings. The fourth-order valence-electron chi connectivity index (χ4n) is 2.93. The van der Waals surface area contributed by atoms with Gasteiger partial charge in [0.15, 0.2) is 5.96 Å². The summed E-state index contributed by atoms with van der Waals surface area (Å²) in [5.74, 6) is 1.35. The Hall–Kier alpha value is -2.32. The lowest BCUT2D eigenvalue weighted by molar-refractivity contribution is -0.121. The maximum absolute atomic E-state index is 12.0. The Kier molecular flexibility index (Phi) is 9.21. The number of carbonyl (C=O) groups is 1. The monoisotopic (exact) mass is 405 g/mol. The Balaban J connectivity index is 1.78. The average Bonchev–Trinajstić information content (AvgIpc) is 2.68. The molecule has 0 atom stereocenters. The molecule has 1 amide bonds. The van der Waals surface area contributed by atoms with Gasteiger partial charge in [-0.1, -0.05) is 18.2 Å². The summed E-state index contributed by atoms with van der Waals surface area (Å²) >= 11 is 0. The molecule has 162 valence electrons. The lowest BCUT2D eigenvalue weighted by atomic mass is 10.1. The van der Waals surface area contributed by atoms with Gasteiger partial charge in [-0.2, -0.15) is 0 Å². The van der Waals surface area contributed by atoms with E-state index in [4.69, 9.17) is 9.47 Å². The molecule has 1 aliphatic heterocycles. The zero-order chi connectivity index (χ0) is 21.1. The smallest absolute Gasteiger partial charge is 0.239 e. The highest BCUT2D eigenvalue weighted by Crippen LogP contribution is 2.17. The number of morpholine rings is 1. The topological polar surface area (TPSA) is 87.2 Å². The number of carbonyl (C=O) groups excluding carboxylic acids is 1. The summed E-state index contributed by atoms with van der Waals surface area (Å²) in [7, 11) is 1.68. The van der Waals surface area contributed by atoms with Crippen molar-refractivity contribution in [1.29, 1.82) is 0 Å². The molecule has 1 heterocycles. The Morgan fingerprint density at radius 3 is 2.62 bits per heavy atom. The molecule has 0 radical (unpaired) electrons. The summed E-state index contributed by atoms with van der Waals surface area (Å²) in [6, 6.07) is 7.95. The van der Waals surface area contributed by atoms with Gasteiger partial charge in [-0.25, -0.2) is 0 Å². The molecule has 1 saturated heterocycles. The van der Waals surface area contributed by atoms with Crippen molar-refractivity contribution in [3.63, 3.8) is 0 Å². The Labute approximate surface area is 174 Å². The van der Waals surface area contributed by atoms with Crippen LogP contribution in [0.1, 0.15) is 26.3 Å². The Morgan fingerprint density at radius 2 is 1.93 bits per heavy atom. The number of ether oxygens (including phenoxy) is 2. The third-order valence-electron chi connectivity index (χ3n) is 4.34. The van der Waals surface area contributed by atoms with E-state index in [1.54, 1.807) is 7.05 Å². The second kappa shape index (κ2) is 11.6. The van der Waals surface area contributed by atoms with Gasteiger partial charge < -0.3 is 25.4 Å². The molecule has 0 aromatic heterocycles. The zero-order valence-corrected chi connectivity index (χ0v) is 18.1. The molecule has 0 aliphatic carbocycles. The van der Waals surface area contributed by atoms with Gasteiger partial charge in [-0.3, -0.25) is 14.7 Å². The highest BCUT2D eigenvalue weighted by Gasteiger charge is 2.14. The van der Waals surface area contributed by atoms with E-state index >= 15 is 0 Å². The van der Waals surface area contributed by atoms with Crippen molar-refractivity contribution >= 4 is 11.9 Å². The zero-order valence-electron chi connectivity index (χ0n) is 18.1. The predicted molar refractivity (Wildman–Crippen MR) is 115 cm³/mol. The van der Waals surface area contributed by atoms with Crippen molar-refractivity contribution in [2.24, 2.45) is 4.99 Å². The molecular formula is C21H35N5O3. The van der Waals surface area contributed by atoms with Gasteiger partial charge in [0, 0.05) is 44.3 Å². The van der Waals surface area contributed by atoms with Crippen LogP contribution in [0.2, 0.25) is 0 Å². The van der Waals surface area contributed by atoms with E-state index in [1.165, 1.54) is 0 Å². The van der Waals surface area contributed by atoms with Crippen molar-refractivity contribution in [2.75, 3.05) is 53.0 Å². The summed E-state index contributed by atoms with van der Waals surface area (Å²) < 4.78 is 11.4. The van der Waals surface area contributed by atoms with E-state index in [2.05, 4.69) is 25.8 Å². The van der Waals surface area contributed by atoms with Gasteiger partial charge in [-0.15, -0.1) is 0 Å². The Morgan fingerprint density at radius 1 is 1.21 bits per heavy atom. The summed E-state index contributed by atoms with van der Waals surface area (Å²) in [6.07, 6.45) is 0. The van der Waals surface area contributed by atoms with E-state index < -0.39 is 0 Å². The maximum atomic E-state index is 12.0. The summed E-state index contributed by atoms with van der Waals surface area (Å²) in [5, 5.41) is 9.19. The number of nitrogens with zero attached hydrogens (tertiary/aromatic N) is 2. The van der Waals surface area contributed by atoms with Crippen LogP contribution >= 0.6 is 0 Å². The molecule has 0 unspecified atom stereocenters. The predicted octanol–water partition coefficient (Wildman–Crippen LogP) is 0.977. The molecule has 1 aromatic rings. The van der Waals surface area contributed by atoms with Gasteiger partial charge in [0.05, 0.1) is 19.8 Å². The van der Waals surface area contributed by atoms with Crippen molar-refractivity contribution in [3.05, 3.63) is 29.8 Å². The lowest BCUT2D eigenvalue weighted by Gasteiger charge is -2.26. The SMILES string of the molecule is CN=C(NCC(=O)NC(C)(C)C)NCc1ccccc1OCCN1CCOCC1. The maximum Gasteiger partial charge on any atom is 0.239 e. The molecule has 0 saturated carbocycles. The van der Waals surface area contributed by atoms with Crippen LogP contribution in [0.25, 0.3) is 0 Å². The highest BCUT2D eigenvalue weighted by molar-refractivity contribution is 5.86. The van der Waals surface area contributed by atoms with Crippen LogP contribution in [0, 0.1) is 0 Å². The molecule has 8 heteroatoms. The number of hydrogen-bond donors (Lipinski definition) is 3. The third-order valence-corrected chi connectivity index (χ3v) is 4.34. The molecule has 8 nitrogen and oxygen atoms in total. The first kappa shape index (κ1) is 23.0. The van der Waals surface area contributed by atoms with E-state index in [0.29, 0.717) is 19.1 Å². The van der Waals surface area contributed by atoms with Crippen LogP contribution in [0.5, 0.6) is 5.75 Å². The van der Waals surface area contributed by atoms with Crippen LogP contribution in [-0.4, -0.2) is 75.4 Å². The fourth-order valence-corrected chi connectivity index (χ4v) is 2.93. The van der Waals surface area contributed by atoms with Crippen LogP contribution in [0.15, 0.2) is 29.3 Å². The first-order valence-corrected chi connectivity index (χ1v) is 10.1. The molecule has 1 aromatic carbocycles. The second-order valence-electron chi connectivity index (χ2n) is 7.99. The minimum absolute atomic E-state index is 0.0766. The number of para-hydroxylation sites is 1. The molecule has 3 N–H and O–H groups in total. The number of guanidine groups is 1. The standard InChI is InChI=1S/C21H35N5O3/c1-21(2,3)25-19(27)16-24-20(22-4)23-15-17-7-5-6-8-18(17)29-14-11-26-9-12-28-13-10-26/h5-8H,9-16H2,1-4H3,(H,25,27)(H2,22,23,24). The first-order chi connectivity index (χ1) is 13.9. The van der Waals surface area contributed by atoms with Gasteiger partial charge in [0.25, 0.3) is 0 Å². The highest BCUT2D eigenvalue weighted by atomic mass is 16.5. The quantitative estimate of drug-likeness (QED) is 0.441. The minimum Gasteiger partial charge on any atom is -0.492 e. The van der Waals surface area contributed by atoms with Crippen LogP contribution in [0.4, 0.5) is 0 Å². The third kappa shape index (κ3) is 9.15. The summed E-state index contributed by atoms with van der Waals surface area (Å²) in [5.41, 5.74) is 0.782. The number of benzene rings is 1. The van der Waals surface area contributed by atoms with E-state index in [-0.39, 0.29) is 18.0 Å². The van der Waals surface area contributed by atoms with Crippen molar-refractivity contribution in [3.8, 4) is 5.75 Å². The number of aliphatic imine (C=N–C) groups is 1. The average molecular weight is 406 g/mol. The molecular weight excluding hydrogens is 370 g/mol. The largest absolute Gasteiger partial charge is 0.492 e. The number of amides is 1. The van der Waals surface area contributed by atoms with Gasteiger partial charge >= 0.3 is 0 Å². The van der Waals surface area contributed by atoms with E-state index in [9.17, 15) is 4.79 Å². The fraction of sp³-hybridized carbons (Fsp3) is 0.619. The summed E-state index contributed by atoms with van der Waals surface area (Å²) in [4.78, 5) is 18.5. The summed E-state index contributed by atoms with van der Waals surface area (Å²) in [6.45, 7) is 11.6. The Bertz CT molecular complexity index is 667. The van der Waals surface area contributed by atoms with Gasteiger partial charge in [-0.05, 0) is 26.8 Å². The van der Waals surface area contributed by atoms with Crippen molar-refractivity contribution < 1.29 is 14.3 Å². The first-order valence-electron chi connectivity index (χ1n) is 10.1. The minimum atomic E-state index is -0.257. The second-order valence-corrected chi connectivity index (χ2v) is 7.99. The van der Waals surface area contributed by atoms with Crippen LogP contribution in [-0.2, 0) is 16.1 Å². The molecule has 0 spiro atoms. The molecule has 29 heavy (non-hydrogen) atoms. The molecule has 2 rings (SSSR count). The van der Waals surface area contributed by atoms with Crippen molar-refractivity contribution in [2.45, 2.75) is 32.9 Å². The van der Waals surface area contributed by atoms with Crippen molar-refractivity contribution in [1.82, 2.24) is 20.9 Å². The lowest BCUT2D eigenvalue weighted by Crippen LogP contribution is -2.48. The van der Waals surface area contributed by atoms with E-state index in [1.807, 2.05) is 45.0 Å². The molecule has 0 bridgehead atoms. The van der Waals surface area contributed by atoms with Crippen LogP contribution < -0.4 is 20.7 Å². The van der Waals surface area contributed by atoms with Gasteiger partial charge in [0.1, 0.15) is 12.4 Å².